The Morgan fingerprint density at radius 1 is 1.00 bits per heavy atom. The third kappa shape index (κ3) is 2.18. The summed E-state index contributed by atoms with van der Waals surface area (Å²) < 4.78 is 14.0. The number of nitrogens with two attached hydrogens (primary N) is 1. The van der Waals surface area contributed by atoms with Crippen LogP contribution in [0.1, 0.15) is 0 Å². The van der Waals surface area contributed by atoms with Crippen molar-refractivity contribution in [3.63, 3.8) is 0 Å². The van der Waals surface area contributed by atoms with Crippen molar-refractivity contribution in [2.75, 3.05) is 5.73 Å². The van der Waals surface area contributed by atoms with Gasteiger partial charge in [0.15, 0.2) is 0 Å². The molecule has 0 radical (unpaired) electrons. The van der Waals surface area contributed by atoms with Crippen LogP contribution in [-0.2, 0) is 0 Å². The van der Waals surface area contributed by atoms with Crippen molar-refractivity contribution in [1.29, 1.82) is 0 Å². The van der Waals surface area contributed by atoms with Gasteiger partial charge in [-0.25, -0.2) is 4.39 Å². The van der Waals surface area contributed by atoms with Gasteiger partial charge in [-0.15, -0.1) is 0 Å². The minimum absolute atomic E-state index is 0.276. The summed E-state index contributed by atoms with van der Waals surface area (Å²) in [7, 11) is 0. The van der Waals surface area contributed by atoms with E-state index < -0.39 is 0 Å². The molecule has 0 atom stereocenters. The summed E-state index contributed by atoms with van der Waals surface area (Å²) >= 11 is 3.35. The second-order valence-corrected chi connectivity index (χ2v) is 4.15. The first-order valence-electron chi connectivity index (χ1n) is 4.48. The van der Waals surface area contributed by atoms with Gasteiger partial charge < -0.3 is 5.73 Å². The molecular weight excluding hydrogens is 257 g/mol. The van der Waals surface area contributed by atoms with E-state index in [9.17, 15) is 4.39 Å². The van der Waals surface area contributed by atoms with E-state index in [1.807, 2.05) is 24.3 Å². The Balaban J connectivity index is 2.53. The molecular formula is C12H9BrFN. The van der Waals surface area contributed by atoms with E-state index in [2.05, 4.69) is 15.9 Å². The Kier molecular flexibility index (Phi) is 2.73. The lowest BCUT2D eigenvalue weighted by molar-refractivity contribution is 0.628. The predicted molar refractivity (Wildman–Crippen MR) is 63.9 cm³/mol. The Hall–Kier alpha value is -1.35. The highest BCUT2D eigenvalue weighted by Crippen LogP contribution is 2.27. The van der Waals surface area contributed by atoms with Gasteiger partial charge in [0.05, 0.1) is 0 Å². The molecule has 0 spiro atoms. The molecule has 0 heterocycles. The zero-order valence-corrected chi connectivity index (χ0v) is 9.46. The average molecular weight is 266 g/mol. The van der Waals surface area contributed by atoms with Crippen molar-refractivity contribution in [2.24, 2.45) is 0 Å². The van der Waals surface area contributed by atoms with Gasteiger partial charge in [-0.05, 0) is 35.9 Å². The van der Waals surface area contributed by atoms with Crippen molar-refractivity contribution >= 4 is 21.6 Å². The molecule has 3 heteroatoms. The van der Waals surface area contributed by atoms with E-state index in [0.29, 0.717) is 5.69 Å². The Bertz CT molecular complexity index is 479. The molecule has 0 unspecified atom stereocenters. The fourth-order valence-corrected chi connectivity index (χ4v) is 1.67. The highest BCUT2D eigenvalue weighted by Gasteiger charge is 2.03. The predicted octanol–water partition coefficient (Wildman–Crippen LogP) is 3.84. The first kappa shape index (κ1) is 10.2. The number of anilines is 1. The van der Waals surface area contributed by atoms with Crippen LogP contribution in [0.2, 0.25) is 0 Å². The summed E-state index contributed by atoms with van der Waals surface area (Å²) in [5.41, 5.74) is 8.00. The Morgan fingerprint density at radius 2 is 1.67 bits per heavy atom. The van der Waals surface area contributed by atoms with Crippen LogP contribution in [0.25, 0.3) is 11.1 Å². The van der Waals surface area contributed by atoms with Gasteiger partial charge in [0.1, 0.15) is 5.82 Å². The number of hydrogen-bond acceptors (Lipinski definition) is 1. The molecule has 2 aromatic rings. The molecule has 0 bridgehead atoms. The lowest BCUT2D eigenvalue weighted by Crippen LogP contribution is -1.90. The highest BCUT2D eigenvalue weighted by atomic mass is 79.9. The van der Waals surface area contributed by atoms with Crippen LogP contribution < -0.4 is 5.73 Å². The van der Waals surface area contributed by atoms with Crippen molar-refractivity contribution in [1.82, 2.24) is 0 Å². The Labute approximate surface area is 95.9 Å². The van der Waals surface area contributed by atoms with Crippen molar-refractivity contribution < 1.29 is 4.39 Å². The van der Waals surface area contributed by atoms with E-state index in [1.165, 1.54) is 12.1 Å². The van der Waals surface area contributed by atoms with Crippen LogP contribution in [0.4, 0.5) is 10.1 Å². The lowest BCUT2D eigenvalue weighted by atomic mass is 10.0. The molecule has 76 valence electrons. The topological polar surface area (TPSA) is 26.0 Å². The molecule has 2 N–H and O–H groups in total. The molecule has 0 saturated carbocycles. The molecule has 0 amide bonds. The van der Waals surface area contributed by atoms with Crippen molar-refractivity contribution in [3.05, 3.63) is 52.8 Å². The zero-order valence-electron chi connectivity index (χ0n) is 7.87. The summed E-state index contributed by atoms with van der Waals surface area (Å²) in [5.74, 6) is -0.276. The second-order valence-electron chi connectivity index (χ2n) is 3.24. The molecule has 0 saturated heterocycles. The first-order chi connectivity index (χ1) is 7.16. The smallest absolute Gasteiger partial charge is 0.123 e. The van der Waals surface area contributed by atoms with Crippen LogP contribution in [0.3, 0.4) is 0 Å². The largest absolute Gasteiger partial charge is 0.398 e. The molecule has 0 fully saturated rings. The minimum atomic E-state index is -0.276. The third-order valence-electron chi connectivity index (χ3n) is 2.17. The summed E-state index contributed by atoms with van der Waals surface area (Å²) in [4.78, 5) is 0. The maximum atomic E-state index is 13.0. The van der Waals surface area contributed by atoms with Gasteiger partial charge in [0.25, 0.3) is 0 Å². The fourth-order valence-electron chi connectivity index (χ4n) is 1.41. The van der Waals surface area contributed by atoms with Gasteiger partial charge in [-0.1, -0.05) is 28.1 Å². The maximum Gasteiger partial charge on any atom is 0.123 e. The van der Waals surface area contributed by atoms with Crippen LogP contribution >= 0.6 is 15.9 Å². The monoisotopic (exact) mass is 265 g/mol. The Morgan fingerprint density at radius 3 is 2.33 bits per heavy atom. The molecule has 0 aliphatic rings. The number of nitrogen functional groups attached to an aromatic ring is 1. The minimum Gasteiger partial charge on any atom is -0.398 e. The molecule has 2 aromatic carbocycles. The summed E-state index contributed by atoms with van der Waals surface area (Å²) in [5, 5.41) is 0. The first-order valence-corrected chi connectivity index (χ1v) is 5.27. The van der Waals surface area contributed by atoms with Crippen LogP contribution in [-0.4, -0.2) is 0 Å². The normalized spacial score (nSPS) is 10.3. The van der Waals surface area contributed by atoms with E-state index >= 15 is 0 Å². The second kappa shape index (κ2) is 4.03. The van der Waals surface area contributed by atoms with Gasteiger partial charge >= 0.3 is 0 Å². The summed E-state index contributed by atoms with van der Waals surface area (Å²) in [6.45, 7) is 0. The average Bonchev–Trinajstić information content (AvgIpc) is 2.23. The van der Waals surface area contributed by atoms with Gasteiger partial charge in [-0.2, -0.15) is 0 Å². The number of benzene rings is 2. The standard InChI is InChI=1S/C12H9BrFN/c13-9-3-1-8(2-4-9)11-7-10(14)5-6-12(11)15/h1-7H,15H2. The van der Waals surface area contributed by atoms with Crippen LogP contribution in [0, 0.1) is 5.82 Å². The summed E-state index contributed by atoms with van der Waals surface area (Å²) in [6, 6.07) is 12.0. The number of halogens is 2. The SMILES string of the molecule is Nc1ccc(F)cc1-c1ccc(Br)cc1. The van der Waals surface area contributed by atoms with E-state index in [0.717, 1.165) is 15.6 Å². The maximum absolute atomic E-state index is 13.0. The molecule has 15 heavy (non-hydrogen) atoms. The van der Waals surface area contributed by atoms with Crippen molar-refractivity contribution in [3.8, 4) is 11.1 Å². The molecule has 0 aromatic heterocycles. The number of hydrogen-bond donors (Lipinski definition) is 1. The van der Waals surface area contributed by atoms with Crippen LogP contribution in [0.15, 0.2) is 46.9 Å². The van der Waals surface area contributed by atoms with Gasteiger partial charge in [0.2, 0.25) is 0 Å². The van der Waals surface area contributed by atoms with Crippen LogP contribution in [0.5, 0.6) is 0 Å². The van der Waals surface area contributed by atoms with Gasteiger partial charge in [0, 0.05) is 15.7 Å². The lowest BCUT2D eigenvalue weighted by Gasteiger charge is -2.05. The molecule has 1 nitrogen and oxygen atoms in total. The van der Waals surface area contributed by atoms with Gasteiger partial charge in [-0.3, -0.25) is 0 Å². The molecule has 2 rings (SSSR count). The highest BCUT2D eigenvalue weighted by molar-refractivity contribution is 9.10. The third-order valence-corrected chi connectivity index (χ3v) is 2.70. The number of rotatable bonds is 1. The quantitative estimate of drug-likeness (QED) is 0.780. The zero-order chi connectivity index (χ0) is 10.8. The molecule has 0 aliphatic heterocycles. The molecule has 0 aliphatic carbocycles. The fraction of sp³-hybridized carbons (Fsp3) is 0. The van der Waals surface area contributed by atoms with E-state index in [4.69, 9.17) is 5.73 Å². The summed E-state index contributed by atoms with van der Waals surface area (Å²) in [6.07, 6.45) is 0. The van der Waals surface area contributed by atoms with E-state index in [1.54, 1.807) is 6.07 Å². The van der Waals surface area contributed by atoms with Crippen molar-refractivity contribution in [2.45, 2.75) is 0 Å². The van der Waals surface area contributed by atoms with E-state index in [-0.39, 0.29) is 5.82 Å².